The highest BCUT2D eigenvalue weighted by molar-refractivity contribution is 4.54. The zero-order chi connectivity index (χ0) is 20.3. The molecule has 0 heterocycles. The Kier molecular flexibility index (Phi) is 18.8. The monoisotopic (exact) mass is 394 g/mol. The molecule has 0 aliphatic rings. The molecule has 0 saturated carbocycles. The summed E-state index contributed by atoms with van der Waals surface area (Å²) in [7, 11) is 0. The largest absolute Gasteiger partial charge is 0.379 e. The molecule has 8 nitrogen and oxygen atoms in total. The number of rotatable bonds is 20. The van der Waals surface area contributed by atoms with E-state index in [1.165, 1.54) is 0 Å². The van der Waals surface area contributed by atoms with Gasteiger partial charge in [-0.05, 0) is 34.1 Å². The van der Waals surface area contributed by atoms with Crippen LogP contribution >= 0.6 is 0 Å². The van der Waals surface area contributed by atoms with Gasteiger partial charge in [-0.2, -0.15) is 0 Å². The van der Waals surface area contributed by atoms with Gasteiger partial charge in [0.2, 0.25) is 0 Å². The second-order valence-corrected chi connectivity index (χ2v) is 6.97. The highest BCUT2D eigenvalue weighted by atomic mass is 16.6. The van der Waals surface area contributed by atoms with E-state index in [1.54, 1.807) is 0 Å². The van der Waals surface area contributed by atoms with Crippen molar-refractivity contribution in [3.8, 4) is 0 Å². The molecule has 0 aromatic carbocycles. The van der Waals surface area contributed by atoms with E-state index >= 15 is 0 Å². The average Bonchev–Trinajstić information content (AvgIpc) is 2.62. The smallest absolute Gasteiger partial charge is 0.0781 e. The predicted molar refractivity (Wildman–Crippen MR) is 106 cm³/mol. The van der Waals surface area contributed by atoms with Gasteiger partial charge in [0.05, 0.1) is 65.1 Å². The molecule has 0 radical (unpaired) electrons. The summed E-state index contributed by atoms with van der Waals surface area (Å²) in [6.45, 7) is 13.5. The topological polar surface area (TPSA) is 107 Å². The number of hydrogen-bond acceptors (Lipinski definition) is 8. The molecule has 164 valence electrons. The van der Waals surface area contributed by atoms with E-state index < -0.39 is 0 Å². The van der Waals surface area contributed by atoms with Gasteiger partial charge in [0.1, 0.15) is 0 Å². The van der Waals surface area contributed by atoms with Crippen LogP contribution in [0.3, 0.4) is 0 Å². The van der Waals surface area contributed by atoms with E-state index in [9.17, 15) is 0 Å². The fourth-order valence-corrected chi connectivity index (χ4v) is 1.93. The van der Waals surface area contributed by atoms with Crippen LogP contribution < -0.4 is 11.5 Å². The van der Waals surface area contributed by atoms with E-state index in [2.05, 4.69) is 0 Å². The van der Waals surface area contributed by atoms with Crippen molar-refractivity contribution in [2.75, 3.05) is 66.1 Å². The first-order valence-electron chi connectivity index (χ1n) is 9.97. The zero-order valence-electron chi connectivity index (χ0n) is 17.7. The van der Waals surface area contributed by atoms with Crippen LogP contribution in [0, 0.1) is 0 Å². The predicted octanol–water partition coefficient (Wildman–Crippen LogP) is 0.948. The van der Waals surface area contributed by atoms with Gasteiger partial charge in [0.15, 0.2) is 0 Å². The van der Waals surface area contributed by atoms with Crippen LogP contribution in [0.5, 0.6) is 0 Å². The van der Waals surface area contributed by atoms with Gasteiger partial charge in [-0.3, -0.25) is 0 Å². The summed E-state index contributed by atoms with van der Waals surface area (Å²) in [5, 5.41) is 0. The van der Waals surface area contributed by atoms with Crippen LogP contribution in [0.2, 0.25) is 0 Å². The number of ether oxygens (including phenoxy) is 6. The Bertz CT molecular complexity index is 280. The maximum atomic E-state index is 5.63. The second-order valence-electron chi connectivity index (χ2n) is 6.97. The third kappa shape index (κ3) is 21.8. The lowest BCUT2D eigenvalue weighted by Gasteiger charge is -2.15. The van der Waals surface area contributed by atoms with Crippen molar-refractivity contribution < 1.29 is 28.4 Å². The van der Waals surface area contributed by atoms with Gasteiger partial charge in [0, 0.05) is 25.3 Å². The Labute approximate surface area is 165 Å². The molecule has 0 bridgehead atoms. The Morgan fingerprint density at radius 2 is 0.889 bits per heavy atom. The lowest BCUT2D eigenvalue weighted by molar-refractivity contribution is -0.0323. The fraction of sp³-hybridized carbons (Fsp3) is 1.00. The fourth-order valence-electron chi connectivity index (χ4n) is 1.93. The standard InChI is InChI=1S/C19H42N2O6/c1-16(20)12-26-18(3)14-24-10-8-22-6-5-7-23-9-11-25-15-19(4)27-13-17(2)21/h16-19H,5-15,20-21H2,1-4H3. The molecule has 0 aliphatic carbocycles. The summed E-state index contributed by atoms with van der Waals surface area (Å²) in [5.74, 6) is 0. The first-order chi connectivity index (χ1) is 12.9. The molecule has 0 amide bonds. The molecular formula is C19H42N2O6. The molecule has 4 N–H and O–H groups in total. The molecule has 8 heteroatoms. The second kappa shape index (κ2) is 19.0. The molecule has 4 atom stereocenters. The van der Waals surface area contributed by atoms with Crippen LogP contribution in [0.1, 0.15) is 34.1 Å². The van der Waals surface area contributed by atoms with E-state index in [0.29, 0.717) is 66.1 Å². The van der Waals surface area contributed by atoms with Crippen molar-refractivity contribution in [2.45, 2.75) is 58.4 Å². The normalized spacial score (nSPS) is 16.2. The number of hydrogen-bond donors (Lipinski definition) is 2. The Morgan fingerprint density at radius 1 is 0.519 bits per heavy atom. The molecule has 0 aromatic rings. The minimum absolute atomic E-state index is 0.0467. The van der Waals surface area contributed by atoms with Crippen molar-refractivity contribution in [1.29, 1.82) is 0 Å². The van der Waals surface area contributed by atoms with Gasteiger partial charge < -0.3 is 39.9 Å². The van der Waals surface area contributed by atoms with Crippen molar-refractivity contribution in [2.24, 2.45) is 11.5 Å². The molecule has 0 saturated heterocycles. The van der Waals surface area contributed by atoms with Crippen LogP contribution in [-0.4, -0.2) is 90.4 Å². The molecule has 0 aromatic heterocycles. The zero-order valence-corrected chi connectivity index (χ0v) is 17.7. The lowest BCUT2D eigenvalue weighted by Crippen LogP contribution is -2.27. The molecule has 0 fully saturated rings. The SMILES string of the molecule is CC(N)COC(C)COCCOCCCOCCOCC(C)OCC(C)N. The summed E-state index contributed by atoms with van der Waals surface area (Å²) in [6, 6.07) is 0.0970. The highest BCUT2D eigenvalue weighted by Gasteiger charge is 2.04. The third-order valence-electron chi connectivity index (χ3n) is 3.31. The van der Waals surface area contributed by atoms with Crippen molar-refractivity contribution in [3.05, 3.63) is 0 Å². The van der Waals surface area contributed by atoms with Crippen LogP contribution in [0.25, 0.3) is 0 Å². The van der Waals surface area contributed by atoms with Crippen LogP contribution in [-0.2, 0) is 28.4 Å². The minimum atomic E-state index is 0.0467. The van der Waals surface area contributed by atoms with Crippen molar-refractivity contribution in [1.82, 2.24) is 0 Å². The van der Waals surface area contributed by atoms with E-state index in [0.717, 1.165) is 6.42 Å². The van der Waals surface area contributed by atoms with Gasteiger partial charge in [-0.1, -0.05) is 0 Å². The quantitative estimate of drug-likeness (QED) is 0.294. The van der Waals surface area contributed by atoms with Crippen molar-refractivity contribution in [3.63, 3.8) is 0 Å². The van der Waals surface area contributed by atoms with Crippen LogP contribution in [0.15, 0.2) is 0 Å². The number of nitrogens with two attached hydrogens (primary N) is 2. The summed E-state index contributed by atoms with van der Waals surface area (Å²) in [6.07, 6.45) is 0.942. The molecule has 27 heavy (non-hydrogen) atoms. The first kappa shape index (κ1) is 26.7. The summed E-state index contributed by atoms with van der Waals surface area (Å²) in [5.41, 5.74) is 11.3. The van der Waals surface area contributed by atoms with E-state index in [1.807, 2.05) is 27.7 Å². The van der Waals surface area contributed by atoms with Gasteiger partial charge in [0.25, 0.3) is 0 Å². The van der Waals surface area contributed by atoms with Gasteiger partial charge in [-0.25, -0.2) is 0 Å². The summed E-state index contributed by atoms with van der Waals surface area (Å²) in [4.78, 5) is 0. The summed E-state index contributed by atoms with van der Waals surface area (Å²) >= 11 is 0. The Morgan fingerprint density at radius 3 is 1.26 bits per heavy atom. The van der Waals surface area contributed by atoms with Crippen molar-refractivity contribution >= 4 is 0 Å². The molecule has 0 rings (SSSR count). The lowest BCUT2D eigenvalue weighted by atomic mass is 10.4. The third-order valence-corrected chi connectivity index (χ3v) is 3.31. The van der Waals surface area contributed by atoms with Crippen LogP contribution in [0.4, 0.5) is 0 Å². The minimum Gasteiger partial charge on any atom is -0.379 e. The average molecular weight is 395 g/mol. The molecule has 0 aliphatic heterocycles. The first-order valence-corrected chi connectivity index (χ1v) is 9.97. The molecule has 0 spiro atoms. The maximum Gasteiger partial charge on any atom is 0.0781 e. The van der Waals surface area contributed by atoms with E-state index in [-0.39, 0.29) is 24.3 Å². The Hall–Kier alpha value is -0.320. The molecule has 4 unspecified atom stereocenters. The van der Waals surface area contributed by atoms with E-state index in [4.69, 9.17) is 39.9 Å². The van der Waals surface area contributed by atoms with Gasteiger partial charge in [-0.15, -0.1) is 0 Å². The maximum absolute atomic E-state index is 5.63. The highest BCUT2D eigenvalue weighted by Crippen LogP contribution is 1.95. The molecular weight excluding hydrogens is 352 g/mol. The van der Waals surface area contributed by atoms with Gasteiger partial charge >= 0.3 is 0 Å². The Balaban J connectivity index is 3.19. The summed E-state index contributed by atoms with van der Waals surface area (Å²) < 4.78 is 33.0.